The van der Waals surface area contributed by atoms with E-state index in [2.05, 4.69) is 39.3 Å². The molecule has 6 aromatic carbocycles. The lowest BCUT2D eigenvalue weighted by molar-refractivity contribution is -0.151. The minimum absolute atomic E-state index is 0.377. The van der Waals surface area contributed by atoms with Crippen LogP contribution in [0, 0.1) is 0 Å². The lowest BCUT2D eigenvalue weighted by atomic mass is 10.0. The zero-order valence-electron chi connectivity index (χ0n) is 60.0. The molecule has 0 radical (unpaired) electrons. The Morgan fingerprint density at radius 3 is 0.897 bits per heavy atom. The number of benzene rings is 6. The Morgan fingerprint density at radius 1 is 0.320 bits per heavy atom. The van der Waals surface area contributed by atoms with Crippen molar-refractivity contribution in [3.63, 3.8) is 0 Å². The molecule has 0 heterocycles. The van der Waals surface area contributed by atoms with Crippen LogP contribution in [0.1, 0.15) is 190 Å². The van der Waals surface area contributed by atoms with Crippen molar-refractivity contribution in [1.29, 1.82) is 0 Å². The molecule has 2 atom stereocenters. The quantitative estimate of drug-likeness (QED) is 0.0154. The topological polar surface area (TPSA) is 161 Å². The predicted octanol–water partition coefficient (Wildman–Crippen LogP) is 21.3. The second-order valence-corrected chi connectivity index (χ2v) is 39.6. The molecule has 0 amide bonds. The van der Waals surface area contributed by atoms with E-state index in [-0.39, 0.29) is 0 Å². The highest BCUT2D eigenvalue weighted by atomic mass is 28.5. The number of ether oxygens (including phenoxy) is 8. The van der Waals surface area contributed by atoms with Crippen molar-refractivity contribution in [2.75, 3.05) is 26.4 Å². The van der Waals surface area contributed by atoms with Gasteiger partial charge in [-0.3, -0.25) is 0 Å². The number of carbonyl (C=O) groups excluding carboxylic acids is 4. The van der Waals surface area contributed by atoms with Gasteiger partial charge in [-0.25, -0.2) is 19.2 Å². The second-order valence-electron chi connectivity index (χ2n) is 27.2. The van der Waals surface area contributed by atoms with Crippen molar-refractivity contribution < 1.29 is 65.3 Å². The van der Waals surface area contributed by atoms with Crippen LogP contribution >= 0.6 is 0 Å². The van der Waals surface area contributed by atoms with Gasteiger partial charge < -0.3 is 46.1 Å². The van der Waals surface area contributed by atoms with Crippen LogP contribution in [0.3, 0.4) is 0 Å². The van der Waals surface area contributed by atoms with E-state index in [1.807, 2.05) is 86.6 Å². The zero-order chi connectivity index (χ0) is 69.7. The summed E-state index contributed by atoms with van der Waals surface area (Å²) < 4.78 is 59.1. The van der Waals surface area contributed by atoms with Crippen molar-refractivity contribution in [2.24, 2.45) is 0 Å². The molecule has 0 aliphatic rings. The Balaban J connectivity index is 0.711. The Kier molecular flexibility index (Phi) is 34.8. The van der Waals surface area contributed by atoms with Gasteiger partial charge >= 0.3 is 32.4 Å². The first-order chi connectivity index (χ1) is 46.7. The molecule has 6 rings (SSSR count). The summed E-state index contributed by atoms with van der Waals surface area (Å²) in [7, 11) is -5.86. The molecule has 0 N–H and O–H groups in total. The van der Waals surface area contributed by atoms with Crippen molar-refractivity contribution >= 4 is 49.1 Å². The fourth-order valence-corrected chi connectivity index (χ4v) is 25.8. The number of rotatable bonds is 48. The molecule has 97 heavy (non-hydrogen) atoms. The van der Waals surface area contributed by atoms with Crippen LogP contribution in [-0.4, -0.2) is 87.7 Å². The van der Waals surface area contributed by atoms with Gasteiger partial charge in [-0.2, -0.15) is 0 Å². The highest BCUT2D eigenvalue weighted by molar-refractivity contribution is 6.87. The first kappa shape index (κ1) is 79.0. The van der Waals surface area contributed by atoms with E-state index in [1.165, 1.54) is 115 Å². The Hall–Kier alpha value is -7.03. The predicted molar refractivity (Wildman–Crippen MR) is 397 cm³/mol. The summed E-state index contributed by atoms with van der Waals surface area (Å²) >= 11 is 0. The molecule has 6 aromatic rings. The molecular formula is C80H112O14Si3. The fourth-order valence-electron chi connectivity index (χ4n) is 11.6. The summed E-state index contributed by atoms with van der Waals surface area (Å²) in [6.07, 6.45) is 24.3. The average molecular weight is 1380 g/mol. The first-order valence-electron chi connectivity index (χ1n) is 36.1. The number of carbonyl (C=O) groups is 4. The van der Waals surface area contributed by atoms with Gasteiger partial charge in [-0.05, 0) is 210 Å². The summed E-state index contributed by atoms with van der Waals surface area (Å²) in [5, 5.41) is 0. The van der Waals surface area contributed by atoms with Crippen molar-refractivity contribution in [3.8, 4) is 56.8 Å². The molecule has 0 saturated heterocycles. The monoisotopic (exact) mass is 1380 g/mol. The third-order valence-electron chi connectivity index (χ3n) is 16.9. The number of unbranched alkanes of at least 4 members (excludes halogenated alkanes) is 18. The van der Waals surface area contributed by atoms with Crippen molar-refractivity contribution in [2.45, 2.75) is 233 Å². The maximum atomic E-state index is 12.9. The van der Waals surface area contributed by atoms with Gasteiger partial charge in [0.05, 0.1) is 37.6 Å². The van der Waals surface area contributed by atoms with E-state index in [1.54, 1.807) is 86.6 Å². The van der Waals surface area contributed by atoms with Gasteiger partial charge in [0.15, 0.2) is 28.8 Å². The highest BCUT2D eigenvalue weighted by Crippen LogP contribution is 2.31. The van der Waals surface area contributed by atoms with Gasteiger partial charge in [0.2, 0.25) is 0 Å². The highest BCUT2D eigenvalue weighted by Gasteiger charge is 2.39. The minimum atomic E-state index is -2.22. The molecule has 0 bridgehead atoms. The zero-order valence-corrected chi connectivity index (χ0v) is 63.0. The maximum Gasteiger partial charge on any atom is 0.347 e. The molecule has 0 aromatic heterocycles. The minimum Gasteiger partial charge on any atom is -0.494 e. The van der Waals surface area contributed by atoms with E-state index in [4.69, 9.17) is 46.1 Å². The van der Waals surface area contributed by atoms with E-state index in [9.17, 15) is 19.2 Å². The molecule has 0 saturated carbocycles. The van der Waals surface area contributed by atoms with Crippen LogP contribution in [0.5, 0.6) is 34.5 Å². The average Bonchev–Trinajstić information content (AvgIpc) is 0.955. The largest absolute Gasteiger partial charge is 0.494 e. The van der Waals surface area contributed by atoms with E-state index < -0.39 is 61.3 Å². The second kappa shape index (κ2) is 42.7. The van der Waals surface area contributed by atoms with Crippen LogP contribution in [0.25, 0.3) is 22.3 Å². The van der Waals surface area contributed by atoms with Gasteiger partial charge in [0, 0.05) is 0 Å². The normalized spacial score (nSPS) is 12.3. The number of esters is 4. The lowest BCUT2D eigenvalue weighted by Gasteiger charge is -2.39. The summed E-state index contributed by atoms with van der Waals surface area (Å²) in [6.45, 7) is 23.7. The fraction of sp³-hybridized carbons (Fsp3) is 0.500. The summed E-state index contributed by atoms with van der Waals surface area (Å²) in [5.74, 6) is 1.69. The molecule has 528 valence electrons. The molecule has 14 nitrogen and oxygen atoms in total. The van der Waals surface area contributed by atoms with Crippen LogP contribution in [-0.2, 0) is 27.3 Å². The van der Waals surface area contributed by atoms with E-state index in [0.29, 0.717) is 60.6 Å². The van der Waals surface area contributed by atoms with Gasteiger partial charge in [-0.1, -0.05) is 178 Å². The Morgan fingerprint density at radius 2 is 0.588 bits per heavy atom. The van der Waals surface area contributed by atoms with Crippen LogP contribution < -0.4 is 28.4 Å². The van der Waals surface area contributed by atoms with Crippen LogP contribution in [0.2, 0.25) is 51.4 Å². The SMILES string of the molecule is CCCCOC(=O)C(C)Oc1ccc(OC(=O)c2ccc(-c3ccc(OCCCCCCCCCCC[Si](C)(C)O[Si](C)(C)O[Si](C)(C)CCCCCCCCCCCOc4ccc(-c5ccc(C(=O)Oc6ccc(OC(C)C(=O)OCCCC)cc6)cc5)cc4)cc3)cc2)cc1. The first-order valence-corrected chi connectivity index (χ1v) is 45.1. The standard InChI is InChI=1S/C80H112O14Si3/c1-11-13-57-87-77(81)63(3)89-73-49-53-75(54-50-73)91-79(83)69-37-33-65(34-38-69)67-41-45-71(46-42-67)85-59-29-25-21-17-15-19-23-27-31-61-95(5,6)93-97(9,10)94-96(7,8)62-32-28-24-20-16-18-22-26-30-60-86-72-47-43-68(44-48-72)66-35-39-70(40-36-66)80(84)92-76-55-51-74(52-56-76)90-64(4)78(82)88-58-14-12-2/h33-56,63-64H,11-32,57-62H2,1-10H3. The summed E-state index contributed by atoms with van der Waals surface area (Å²) in [5.41, 5.74) is 4.94. The molecule has 0 spiro atoms. The third-order valence-corrected chi connectivity index (χ3v) is 28.4. The summed E-state index contributed by atoms with van der Waals surface area (Å²) in [4.78, 5) is 50.1. The van der Waals surface area contributed by atoms with Crippen LogP contribution in [0.4, 0.5) is 0 Å². The molecule has 0 aliphatic heterocycles. The van der Waals surface area contributed by atoms with E-state index in [0.717, 1.165) is 72.3 Å². The summed E-state index contributed by atoms with van der Waals surface area (Å²) in [6, 6.07) is 46.5. The molecule has 17 heteroatoms. The smallest absolute Gasteiger partial charge is 0.347 e. The van der Waals surface area contributed by atoms with Gasteiger partial charge in [0.1, 0.15) is 34.5 Å². The maximum absolute atomic E-state index is 12.9. The third kappa shape index (κ3) is 31.2. The lowest BCUT2D eigenvalue weighted by Crippen LogP contribution is -2.52. The number of hydrogen-bond acceptors (Lipinski definition) is 14. The number of hydrogen-bond donors (Lipinski definition) is 0. The molecule has 0 aliphatic carbocycles. The van der Waals surface area contributed by atoms with Crippen molar-refractivity contribution in [1.82, 2.24) is 0 Å². The van der Waals surface area contributed by atoms with Gasteiger partial charge in [-0.15, -0.1) is 0 Å². The molecule has 0 fully saturated rings. The van der Waals surface area contributed by atoms with Crippen LogP contribution in [0.15, 0.2) is 146 Å². The van der Waals surface area contributed by atoms with Gasteiger partial charge in [0.25, 0.3) is 0 Å². The Bertz CT molecular complexity index is 2990. The molecular weight excluding hydrogens is 1270 g/mol. The Labute approximate surface area is 583 Å². The van der Waals surface area contributed by atoms with Crippen molar-refractivity contribution in [3.05, 3.63) is 157 Å². The van der Waals surface area contributed by atoms with E-state index >= 15 is 0 Å². The molecule has 2 unspecified atom stereocenters.